The summed E-state index contributed by atoms with van der Waals surface area (Å²) < 4.78 is 0. The van der Waals surface area contributed by atoms with E-state index in [4.69, 9.17) is 11.6 Å². The molecule has 1 aliphatic heterocycles. The number of halogens is 1. The van der Waals surface area contributed by atoms with Gasteiger partial charge in [-0.2, -0.15) is 0 Å². The van der Waals surface area contributed by atoms with Crippen LogP contribution < -0.4 is 5.32 Å². The smallest absolute Gasteiger partial charge is 0.253 e. The monoisotopic (exact) mass is 420 g/mol. The molecule has 4 rings (SSSR count). The molecule has 152 valence electrons. The molecule has 2 aromatic carbocycles. The zero-order valence-electron chi connectivity index (χ0n) is 16.3. The van der Waals surface area contributed by atoms with Crippen molar-refractivity contribution in [3.63, 3.8) is 0 Å². The van der Waals surface area contributed by atoms with Crippen LogP contribution in [0.25, 0.3) is 11.4 Å². The van der Waals surface area contributed by atoms with Crippen molar-refractivity contribution in [1.29, 1.82) is 0 Å². The lowest BCUT2D eigenvalue weighted by Crippen LogP contribution is -2.43. The molecular formula is C23H21ClN4O2. The number of carbonyl (C=O) groups excluding carboxylic acids is 2. The molecule has 2 amide bonds. The molecule has 7 heteroatoms. The lowest BCUT2D eigenvalue weighted by molar-refractivity contribution is -0.121. The summed E-state index contributed by atoms with van der Waals surface area (Å²) in [6.45, 7) is 1.02. The van der Waals surface area contributed by atoms with Gasteiger partial charge in [0.2, 0.25) is 5.91 Å². The summed E-state index contributed by atoms with van der Waals surface area (Å²) in [5, 5.41) is 3.46. The van der Waals surface area contributed by atoms with Crippen LogP contribution in [-0.4, -0.2) is 39.8 Å². The molecule has 2 heterocycles. The Hall–Kier alpha value is -3.25. The molecule has 1 fully saturated rings. The van der Waals surface area contributed by atoms with Gasteiger partial charge in [0.1, 0.15) is 0 Å². The van der Waals surface area contributed by atoms with E-state index in [1.54, 1.807) is 41.6 Å². The minimum absolute atomic E-state index is 0.0836. The Morgan fingerprint density at radius 1 is 1.00 bits per heavy atom. The van der Waals surface area contributed by atoms with E-state index in [0.717, 1.165) is 18.4 Å². The predicted molar refractivity (Wildman–Crippen MR) is 116 cm³/mol. The highest BCUT2D eigenvalue weighted by atomic mass is 35.5. The van der Waals surface area contributed by atoms with Gasteiger partial charge in [-0.05, 0) is 37.1 Å². The molecular weight excluding hydrogens is 400 g/mol. The van der Waals surface area contributed by atoms with E-state index in [1.807, 2.05) is 30.3 Å². The Kier molecular flexibility index (Phi) is 6.05. The van der Waals surface area contributed by atoms with Crippen molar-refractivity contribution in [2.45, 2.75) is 12.8 Å². The summed E-state index contributed by atoms with van der Waals surface area (Å²) in [6.07, 6.45) is 4.72. The number of amides is 2. The van der Waals surface area contributed by atoms with Crippen LogP contribution in [0.4, 0.5) is 5.69 Å². The number of nitrogens with zero attached hydrogens (tertiary/aromatic N) is 3. The summed E-state index contributed by atoms with van der Waals surface area (Å²) >= 11 is 5.90. The van der Waals surface area contributed by atoms with Crippen LogP contribution in [0, 0.1) is 5.92 Å². The zero-order valence-corrected chi connectivity index (χ0v) is 17.0. The summed E-state index contributed by atoms with van der Waals surface area (Å²) in [5.74, 6) is 0.120. The third kappa shape index (κ3) is 4.66. The van der Waals surface area contributed by atoms with Crippen LogP contribution in [0.5, 0.6) is 0 Å². The van der Waals surface area contributed by atoms with Gasteiger partial charge in [-0.15, -0.1) is 0 Å². The molecule has 30 heavy (non-hydrogen) atoms. The van der Waals surface area contributed by atoms with Gasteiger partial charge in [-0.25, -0.2) is 9.97 Å². The number of hydrogen-bond donors (Lipinski definition) is 1. The largest absolute Gasteiger partial charge is 0.338 e. The predicted octanol–water partition coefficient (Wildman–Crippen LogP) is 4.29. The Morgan fingerprint density at radius 2 is 1.70 bits per heavy atom. The van der Waals surface area contributed by atoms with E-state index in [2.05, 4.69) is 15.3 Å². The first-order chi connectivity index (χ1) is 14.6. The highest BCUT2D eigenvalue weighted by Gasteiger charge is 2.29. The average Bonchev–Trinajstić information content (AvgIpc) is 2.80. The quantitative estimate of drug-likeness (QED) is 0.683. The van der Waals surface area contributed by atoms with Crippen LogP contribution in [0.2, 0.25) is 5.02 Å². The number of rotatable bonds is 4. The average molecular weight is 421 g/mol. The van der Waals surface area contributed by atoms with Gasteiger partial charge in [0.25, 0.3) is 5.91 Å². The molecule has 0 radical (unpaired) electrons. The van der Waals surface area contributed by atoms with Gasteiger partial charge < -0.3 is 10.2 Å². The van der Waals surface area contributed by atoms with Crippen molar-refractivity contribution in [1.82, 2.24) is 14.9 Å². The third-order valence-corrected chi connectivity index (χ3v) is 5.37. The molecule has 1 atom stereocenters. The van der Waals surface area contributed by atoms with Crippen LogP contribution in [0.3, 0.4) is 0 Å². The van der Waals surface area contributed by atoms with Gasteiger partial charge in [-0.1, -0.05) is 41.9 Å². The summed E-state index contributed by atoms with van der Waals surface area (Å²) in [5.41, 5.74) is 2.03. The normalized spacial score (nSPS) is 16.2. The van der Waals surface area contributed by atoms with E-state index in [0.29, 0.717) is 35.2 Å². The maximum Gasteiger partial charge on any atom is 0.253 e. The fourth-order valence-corrected chi connectivity index (χ4v) is 3.65. The Bertz CT molecular complexity index is 1020. The first-order valence-corrected chi connectivity index (χ1v) is 10.2. The highest BCUT2D eigenvalue weighted by molar-refractivity contribution is 6.30. The molecule has 1 aromatic heterocycles. The van der Waals surface area contributed by atoms with Crippen molar-refractivity contribution >= 4 is 29.1 Å². The summed E-state index contributed by atoms with van der Waals surface area (Å²) in [6, 6.07) is 16.5. The van der Waals surface area contributed by atoms with Gasteiger partial charge in [0, 0.05) is 29.2 Å². The van der Waals surface area contributed by atoms with E-state index < -0.39 is 0 Å². The second-order valence-corrected chi connectivity index (χ2v) is 7.68. The van der Waals surface area contributed by atoms with Crippen molar-refractivity contribution < 1.29 is 9.59 Å². The maximum absolute atomic E-state index is 12.7. The maximum atomic E-state index is 12.7. The Balaban J connectivity index is 1.38. The van der Waals surface area contributed by atoms with Gasteiger partial charge in [-0.3, -0.25) is 9.59 Å². The number of nitrogens with one attached hydrogen (secondary N) is 1. The molecule has 3 aromatic rings. The Morgan fingerprint density at radius 3 is 2.40 bits per heavy atom. The summed E-state index contributed by atoms with van der Waals surface area (Å²) in [4.78, 5) is 35.9. The fourth-order valence-electron chi connectivity index (χ4n) is 3.52. The number of aromatic nitrogens is 2. The number of likely N-dealkylation sites (tertiary alicyclic amines) is 1. The molecule has 0 spiro atoms. The van der Waals surface area contributed by atoms with E-state index in [-0.39, 0.29) is 17.7 Å². The lowest BCUT2D eigenvalue weighted by atomic mass is 9.96. The minimum atomic E-state index is -0.274. The second kappa shape index (κ2) is 9.05. The molecule has 1 aliphatic rings. The Labute approximate surface area is 179 Å². The van der Waals surface area contributed by atoms with Crippen LogP contribution in [0.1, 0.15) is 23.2 Å². The standard InChI is InChI=1S/C23H21ClN4O2/c24-19-10-8-17(9-11-19)23(30)28-12-4-7-18(15-28)22(29)27-20-13-25-21(26-14-20)16-5-2-1-3-6-16/h1-3,5-6,8-11,13-14,18H,4,7,12,15H2,(H,27,29). The van der Waals surface area contributed by atoms with Crippen molar-refractivity contribution in [3.05, 3.63) is 77.6 Å². The minimum Gasteiger partial charge on any atom is -0.338 e. The number of benzene rings is 2. The number of piperidine rings is 1. The van der Waals surface area contributed by atoms with Crippen molar-refractivity contribution in [3.8, 4) is 11.4 Å². The van der Waals surface area contributed by atoms with Gasteiger partial charge in [0.15, 0.2) is 5.82 Å². The van der Waals surface area contributed by atoms with Gasteiger partial charge >= 0.3 is 0 Å². The number of hydrogen-bond acceptors (Lipinski definition) is 4. The van der Waals surface area contributed by atoms with E-state index in [1.165, 1.54) is 0 Å². The van der Waals surface area contributed by atoms with E-state index >= 15 is 0 Å². The molecule has 1 N–H and O–H groups in total. The lowest BCUT2D eigenvalue weighted by Gasteiger charge is -2.32. The second-order valence-electron chi connectivity index (χ2n) is 7.25. The highest BCUT2D eigenvalue weighted by Crippen LogP contribution is 2.22. The SMILES string of the molecule is O=C(Nc1cnc(-c2ccccc2)nc1)C1CCCN(C(=O)c2ccc(Cl)cc2)C1. The fraction of sp³-hybridized carbons (Fsp3) is 0.217. The van der Waals surface area contributed by atoms with Crippen LogP contribution in [0.15, 0.2) is 67.0 Å². The molecule has 1 saturated heterocycles. The van der Waals surface area contributed by atoms with Gasteiger partial charge in [0.05, 0.1) is 24.0 Å². The molecule has 0 bridgehead atoms. The number of anilines is 1. The number of carbonyl (C=O) groups is 2. The molecule has 1 unspecified atom stereocenters. The molecule has 0 saturated carbocycles. The topological polar surface area (TPSA) is 75.2 Å². The first-order valence-electron chi connectivity index (χ1n) is 9.83. The molecule has 0 aliphatic carbocycles. The van der Waals surface area contributed by atoms with Crippen molar-refractivity contribution in [2.75, 3.05) is 18.4 Å². The summed E-state index contributed by atoms with van der Waals surface area (Å²) in [7, 11) is 0. The van der Waals surface area contributed by atoms with Crippen LogP contribution in [-0.2, 0) is 4.79 Å². The van der Waals surface area contributed by atoms with E-state index in [9.17, 15) is 9.59 Å². The molecule has 6 nitrogen and oxygen atoms in total. The third-order valence-electron chi connectivity index (χ3n) is 5.12. The zero-order chi connectivity index (χ0) is 20.9. The first kappa shape index (κ1) is 20.0. The van der Waals surface area contributed by atoms with Crippen LogP contribution >= 0.6 is 11.6 Å². The van der Waals surface area contributed by atoms with Crippen molar-refractivity contribution in [2.24, 2.45) is 5.92 Å².